The smallest absolute Gasteiger partial charge is 0.341 e. The van der Waals surface area contributed by atoms with Crippen LogP contribution in [-0.4, -0.2) is 30.8 Å². The van der Waals surface area contributed by atoms with Crippen molar-refractivity contribution in [1.82, 2.24) is 4.98 Å². The summed E-state index contributed by atoms with van der Waals surface area (Å²) in [4.78, 5) is 15.2. The number of carbonyl (C=O) groups is 1. The van der Waals surface area contributed by atoms with Gasteiger partial charge in [0, 0.05) is 19.4 Å². The molecular weight excluding hydrogens is 225 g/mol. The number of aromatic nitrogens is 1. The van der Waals surface area contributed by atoms with Gasteiger partial charge in [-0.2, -0.15) is 0 Å². The lowest BCUT2D eigenvalue weighted by atomic mass is 10.0. The Morgan fingerprint density at radius 3 is 3.00 bits per heavy atom. The van der Waals surface area contributed by atoms with E-state index in [1.165, 1.54) is 12.3 Å². The molecule has 5 heteroatoms. The van der Waals surface area contributed by atoms with Crippen LogP contribution in [0.4, 0.5) is 4.39 Å². The highest BCUT2D eigenvalue weighted by Gasteiger charge is 2.18. The molecule has 0 aromatic carbocycles. The van der Waals surface area contributed by atoms with Gasteiger partial charge in [-0.1, -0.05) is 0 Å². The highest BCUT2D eigenvalue weighted by Crippen LogP contribution is 2.16. The van der Waals surface area contributed by atoms with Gasteiger partial charge < -0.3 is 9.47 Å². The maximum atomic E-state index is 13.2. The van der Waals surface area contributed by atoms with Gasteiger partial charge in [0.2, 0.25) is 0 Å². The van der Waals surface area contributed by atoms with E-state index >= 15 is 0 Å². The Bertz CT molecular complexity index is 391. The van der Waals surface area contributed by atoms with E-state index in [1.54, 1.807) is 0 Å². The van der Waals surface area contributed by atoms with Crippen LogP contribution < -0.4 is 0 Å². The normalized spacial score (nSPS) is 16.8. The Balaban J connectivity index is 1.87. The Hall–Kier alpha value is -1.49. The zero-order valence-corrected chi connectivity index (χ0v) is 9.39. The summed E-state index contributed by atoms with van der Waals surface area (Å²) in [6.07, 6.45) is 4.14. The Morgan fingerprint density at radius 1 is 1.53 bits per heavy atom. The maximum Gasteiger partial charge on any atom is 0.341 e. The highest BCUT2D eigenvalue weighted by atomic mass is 19.1. The number of hydrogen-bond acceptors (Lipinski definition) is 4. The summed E-state index contributed by atoms with van der Waals surface area (Å²) < 4.78 is 23.5. The van der Waals surface area contributed by atoms with Crippen molar-refractivity contribution in [3.05, 3.63) is 29.8 Å². The third kappa shape index (κ3) is 3.23. The van der Waals surface area contributed by atoms with E-state index in [-0.39, 0.29) is 5.56 Å². The van der Waals surface area contributed by atoms with Crippen LogP contribution in [0.1, 0.15) is 23.2 Å². The Kier molecular flexibility index (Phi) is 4.03. The fourth-order valence-electron chi connectivity index (χ4n) is 1.73. The standard InChI is InChI=1S/C12H14FNO3/c13-11-7-14-4-1-10(11)12(15)17-8-9-2-5-16-6-3-9/h1,4,7,9H,2-3,5-6,8H2. The predicted molar refractivity (Wildman–Crippen MR) is 58.0 cm³/mol. The molecule has 0 N–H and O–H groups in total. The van der Waals surface area contributed by atoms with E-state index < -0.39 is 11.8 Å². The second-order valence-corrected chi connectivity index (χ2v) is 4.01. The molecule has 1 aromatic heterocycles. The van der Waals surface area contributed by atoms with Crippen LogP contribution in [0, 0.1) is 11.7 Å². The number of carbonyl (C=O) groups excluding carboxylic acids is 1. The third-order valence-corrected chi connectivity index (χ3v) is 2.78. The van der Waals surface area contributed by atoms with Crippen molar-refractivity contribution >= 4 is 5.97 Å². The Morgan fingerprint density at radius 2 is 2.29 bits per heavy atom. The topological polar surface area (TPSA) is 48.4 Å². The molecule has 0 amide bonds. The van der Waals surface area contributed by atoms with Crippen LogP contribution >= 0.6 is 0 Å². The minimum atomic E-state index is -0.649. The molecule has 0 radical (unpaired) electrons. The van der Waals surface area contributed by atoms with E-state index in [9.17, 15) is 9.18 Å². The van der Waals surface area contributed by atoms with E-state index in [0.717, 1.165) is 19.0 Å². The molecule has 17 heavy (non-hydrogen) atoms. The van der Waals surface area contributed by atoms with Gasteiger partial charge in [0.25, 0.3) is 0 Å². The summed E-state index contributed by atoms with van der Waals surface area (Å²) in [6, 6.07) is 1.32. The fourth-order valence-corrected chi connectivity index (χ4v) is 1.73. The first-order valence-electron chi connectivity index (χ1n) is 5.62. The lowest BCUT2D eigenvalue weighted by molar-refractivity contribution is 0.0182. The van der Waals surface area contributed by atoms with Crippen LogP contribution in [-0.2, 0) is 9.47 Å². The fraction of sp³-hybridized carbons (Fsp3) is 0.500. The monoisotopic (exact) mass is 239 g/mol. The maximum absolute atomic E-state index is 13.2. The summed E-state index contributed by atoms with van der Waals surface area (Å²) in [5.74, 6) is -0.960. The first-order valence-corrected chi connectivity index (χ1v) is 5.62. The van der Waals surface area contributed by atoms with Crippen LogP contribution in [0.5, 0.6) is 0 Å². The van der Waals surface area contributed by atoms with Gasteiger partial charge in [0.15, 0.2) is 5.82 Å². The molecule has 92 valence electrons. The summed E-state index contributed by atoms with van der Waals surface area (Å²) in [6.45, 7) is 1.72. The van der Waals surface area contributed by atoms with Crippen LogP contribution in [0.3, 0.4) is 0 Å². The first-order chi connectivity index (χ1) is 8.27. The molecule has 0 unspecified atom stereocenters. The van der Waals surface area contributed by atoms with Crippen LogP contribution in [0.25, 0.3) is 0 Å². The van der Waals surface area contributed by atoms with Crippen molar-refractivity contribution in [2.45, 2.75) is 12.8 Å². The van der Waals surface area contributed by atoms with Gasteiger partial charge in [-0.3, -0.25) is 4.98 Å². The molecule has 2 heterocycles. The van der Waals surface area contributed by atoms with Crippen molar-refractivity contribution < 1.29 is 18.7 Å². The van der Waals surface area contributed by atoms with Crippen molar-refractivity contribution in [1.29, 1.82) is 0 Å². The van der Waals surface area contributed by atoms with Gasteiger partial charge in [0.05, 0.1) is 18.4 Å². The molecule has 0 spiro atoms. The van der Waals surface area contributed by atoms with E-state index in [4.69, 9.17) is 9.47 Å². The molecular formula is C12H14FNO3. The number of esters is 1. The number of halogens is 1. The lowest BCUT2D eigenvalue weighted by Gasteiger charge is -2.21. The number of nitrogens with zero attached hydrogens (tertiary/aromatic N) is 1. The number of ether oxygens (including phenoxy) is 2. The van der Waals surface area contributed by atoms with Crippen molar-refractivity contribution in [2.75, 3.05) is 19.8 Å². The van der Waals surface area contributed by atoms with Gasteiger partial charge >= 0.3 is 5.97 Å². The zero-order chi connectivity index (χ0) is 12.1. The second-order valence-electron chi connectivity index (χ2n) is 4.01. The molecule has 1 fully saturated rings. The summed E-state index contributed by atoms with van der Waals surface area (Å²) in [5.41, 5.74) is -0.0629. The molecule has 1 aliphatic rings. The molecule has 1 aliphatic heterocycles. The number of hydrogen-bond donors (Lipinski definition) is 0. The third-order valence-electron chi connectivity index (χ3n) is 2.78. The van der Waals surface area contributed by atoms with Gasteiger partial charge in [-0.05, 0) is 24.8 Å². The van der Waals surface area contributed by atoms with Crippen LogP contribution in [0.2, 0.25) is 0 Å². The second kappa shape index (κ2) is 5.72. The average Bonchev–Trinajstić information content (AvgIpc) is 2.38. The van der Waals surface area contributed by atoms with E-state index in [2.05, 4.69) is 4.98 Å². The summed E-state index contributed by atoms with van der Waals surface area (Å²) >= 11 is 0. The number of rotatable bonds is 3. The van der Waals surface area contributed by atoms with Crippen molar-refractivity contribution in [3.8, 4) is 0 Å². The largest absolute Gasteiger partial charge is 0.462 e. The van der Waals surface area contributed by atoms with Crippen molar-refractivity contribution in [2.24, 2.45) is 5.92 Å². The molecule has 0 aliphatic carbocycles. The van der Waals surface area contributed by atoms with Crippen LogP contribution in [0.15, 0.2) is 18.5 Å². The highest BCUT2D eigenvalue weighted by molar-refractivity contribution is 5.89. The SMILES string of the molecule is O=C(OCC1CCOCC1)c1ccncc1F. The first kappa shape index (κ1) is 12.0. The summed E-state index contributed by atoms with van der Waals surface area (Å²) in [7, 11) is 0. The van der Waals surface area contributed by atoms with Gasteiger partial charge in [-0.25, -0.2) is 9.18 Å². The van der Waals surface area contributed by atoms with E-state index in [0.29, 0.717) is 25.7 Å². The molecule has 0 saturated carbocycles. The van der Waals surface area contributed by atoms with E-state index in [1.807, 2.05) is 0 Å². The van der Waals surface area contributed by atoms with Gasteiger partial charge in [-0.15, -0.1) is 0 Å². The Labute approximate surface area is 98.8 Å². The molecule has 2 rings (SSSR count). The number of pyridine rings is 1. The minimum Gasteiger partial charge on any atom is -0.462 e. The molecule has 0 bridgehead atoms. The zero-order valence-electron chi connectivity index (χ0n) is 9.39. The molecule has 1 saturated heterocycles. The summed E-state index contributed by atoms with van der Waals surface area (Å²) in [5, 5.41) is 0. The average molecular weight is 239 g/mol. The molecule has 4 nitrogen and oxygen atoms in total. The van der Waals surface area contributed by atoms with Gasteiger partial charge in [0.1, 0.15) is 0 Å². The predicted octanol–water partition coefficient (Wildman–Crippen LogP) is 1.80. The van der Waals surface area contributed by atoms with Crippen molar-refractivity contribution in [3.63, 3.8) is 0 Å². The lowest BCUT2D eigenvalue weighted by Crippen LogP contribution is -2.22. The molecule has 1 aromatic rings. The quantitative estimate of drug-likeness (QED) is 0.755. The minimum absolute atomic E-state index is 0.0629. The molecule has 0 atom stereocenters.